The zero-order chi connectivity index (χ0) is 17.8. The first-order valence-corrected chi connectivity index (χ1v) is 7.87. The second-order valence-electron chi connectivity index (χ2n) is 5.75. The van der Waals surface area contributed by atoms with Gasteiger partial charge in [-0.15, -0.1) is 0 Å². The van der Waals surface area contributed by atoms with Crippen molar-refractivity contribution in [3.63, 3.8) is 0 Å². The van der Waals surface area contributed by atoms with Crippen LogP contribution in [0.15, 0.2) is 42.5 Å². The first-order valence-electron chi connectivity index (χ1n) is 7.87. The third kappa shape index (κ3) is 4.00. The van der Waals surface area contributed by atoms with Gasteiger partial charge in [0, 0.05) is 30.5 Å². The molecule has 0 aromatic heterocycles. The quantitative estimate of drug-likeness (QED) is 0.798. The molecule has 0 saturated carbocycles. The zero-order valence-electron chi connectivity index (χ0n) is 13.8. The third-order valence-corrected chi connectivity index (χ3v) is 4.07. The fraction of sp³-hybridized carbons (Fsp3) is 0.222. The van der Waals surface area contributed by atoms with Crippen LogP contribution < -0.4 is 15.4 Å². The highest BCUT2D eigenvalue weighted by molar-refractivity contribution is 5.99. The topological polar surface area (TPSA) is 90.9 Å². The Morgan fingerprint density at radius 1 is 1.08 bits per heavy atom. The Morgan fingerprint density at radius 3 is 2.56 bits per heavy atom. The van der Waals surface area contributed by atoms with Crippen molar-refractivity contribution < 1.29 is 19.4 Å². The number of benzene rings is 2. The van der Waals surface area contributed by atoms with Gasteiger partial charge in [-0.05, 0) is 41.8 Å². The number of anilines is 2. The van der Waals surface area contributed by atoms with Crippen LogP contribution in [0.1, 0.15) is 11.1 Å². The van der Waals surface area contributed by atoms with Crippen LogP contribution in [0.4, 0.5) is 21.0 Å². The number of methoxy groups -OCH3 is 1. The van der Waals surface area contributed by atoms with Crippen molar-refractivity contribution in [2.45, 2.75) is 13.0 Å². The fourth-order valence-corrected chi connectivity index (χ4v) is 2.79. The summed E-state index contributed by atoms with van der Waals surface area (Å²) in [7, 11) is 1.57. The average Bonchev–Trinajstić information content (AvgIpc) is 2.61. The molecule has 25 heavy (non-hydrogen) atoms. The van der Waals surface area contributed by atoms with Gasteiger partial charge >= 0.3 is 12.1 Å². The second kappa shape index (κ2) is 7.12. The molecule has 2 aromatic rings. The number of fused-ring (bicyclic) bond motifs is 1. The van der Waals surface area contributed by atoms with Crippen LogP contribution in [-0.4, -0.2) is 35.8 Å². The van der Waals surface area contributed by atoms with Crippen LogP contribution in [-0.2, 0) is 13.0 Å². The number of amides is 3. The lowest BCUT2D eigenvalue weighted by molar-refractivity contribution is 0.140. The summed E-state index contributed by atoms with van der Waals surface area (Å²) in [4.78, 5) is 24.6. The fourth-order valence-electron chi connectivity index (χ4n) is 2.79. The summed E-state index contributed by atoms with van der Waals surface area (Å²) < 4.78 is 5.12. The Morgan fingerprint density at radius 2 is 1.84 bits per heavy atom. The Balaban J connectivity index is 1.65. The summed E-state index contributed by atoms with van der Waals surface area (Å²) in [5.41, 5.74) is 3.32. The van der Waals surface area contributed by atoms with Gasteiger partial charge < -0.3 is 25.4 Å². The van der Waals surface area contributed by atoms with E-state index in [4.69, 9.17) is 9.84 Å². The Kier molecular flexibility index (Phi) is 4.74. The van der Waals surface area contributed by atoms with E-state index in [1.807, 2.05) is 12.1 Å². The summed E-state index contributed by atoms with van der Waals surface area (Å²) in [6.07, 6.45) is -0.278. The van der Waals surface area contributed by atoms with Gasteiger partial charge in [-0.3, -0.25) is 0 Å². The summed E-state index contributed by atoms with van der Waals surface area (Å²) in [6.45, 7) is 0.836. The van der Waals surface area contributed by atoms with E-state index in [-0.39, 0.29) is 6.03 Å². The van der Waals surface area contributed by atoms with Crippen molar-refractivity contribution in [2.24, 2.45) is 0 Å². The highest BCUT2D eigenvalue weighted by Gasteiger charge is 2.20. The number of carboxylic acid groups (broad SMARTS) is 1. The van der Waals surface area contributed by atoms with E-state index in [9.17, 15) is 9.59 Å². The number of hydrogen-bond donors (Lipinski definition) is 3. The number of ether oxygens (including phenoxy) is 1. The third-order valence-electron chi connectivity index (χ3n) is 4.07. The molecule has 3 amide bonds. The maximum absolute atomic E-state index is 12.1. The molecule has 130 valence electrons. The first kappa shape index (κ1) is 16.6. The second-order valence-corrected chi connectivity index (χ2v) is 5.75. The molecule has 3 rings (SSSR count). The number of carbonyl (C=O) groups is 2. The number of carbonyl (C=O) groups excluding carboxylic acids is 1. The van der Waals surface area contributed by atoms with Gasteiger partial charge in [0.05, 0.1) is 7.11 Å². The van der Waals surface area contributed by atoms with Crippen molar-refractivity contribution in [2.75, 3.05) is 24.3 Å². The summed E-state index contributed by atoms with van der Waals surface area (Å²) in [6, 6.07) is 12.3. The maximum Gasteiger partial charge on any atom is 0.407 e. The molecule has 1 aliphatic heterocycles. The minimum atomic E-state index is -0.912. The summed E-state index contributed by atoms with van der Waals surface area (Å²) in [5.74, 6) is 0.662. The van der Waals surface area contributed by atoms with Gasteiger partial charge in [0.25, 0.3) is 0 Å². The molecule has 0 bridgehead atoms. The van der Waals surface area contributed by atoms with E-state index >= 15 is 0 Å². The molecule has 0 radical (unpaired) electrons. The molecule has 1 heterocycles. The number of rotatable bonds is 3. The molecule has 0 atom stereocenters. The normalized spacial score (nSPS) is 12.9. The van der Waals surface area contributed by atoms with Crippen LogP contribution >= 0.6 is 0 Å². The maximum atomic E-state index is 12.1. The van der Waals surface area contributed by atoms with E-state index in [0.29, 0.717) is 36.6 Å². The zero-order valence-corrected chi connectivity index (χ0v) is 13.8. The Labute approximate surface area is 145 Å². The molecule has 1 aliphatic rings. The number of hydrogen-bond acceptors (Lipinski definition) is 3. The molecule has 0 unspecified atom stereocenters. The predicted octanol–water partition coefficient (Wildman–Crippen LogP) is 3.38. The minimum Gasteiger partial charge on any atom is -0.497 e. The van der Waals surface area contributed by atoms with Crippen molar-refractivity contribution in [1.82, 2.24) is 4.90 Å². The van der Waals surface area contributed by atoms with Crippen LogP contribution in [0.2, 0.25) is 0 Å². The Hall–Kier alpha value is -3.22. The molecule has 7 heteroatoms. The molecular weight excluding hydrogens is 322 g/mol. The van der Waals surface area contributed by atoms with Crippen LogP contribution in [0.5, 0.6) is 5.75 Å². The summed E-state index contributed by atoms with van der Waals surface area (Å²) in [5, 5.41) is 14.6. The highest BCUT2D eigenvalue weighted by atomic mass is 16.5. The van der Waals surface area contributed by atoms with Crippen molar-refractivity contribution in [1.29, 1.82) is 0 Å². The van der Waals surface area contributed by atoms with Crippen LogP contribution in [0.25, 0.3) is 0 Å². The highest BCUT2D eigenvalue weighted by Crippen LogP contribution is 2.23. The van der Waals surface area contributed by atoms with E-state index in [1.54, 1.807) is 37.4 Å². The largest absolute Gasteiger partial charge is 0.497 e. The summed E-state index contributed by atoms with van der Waals surface area (Å²) >= 11 is 0. The van der Waals surface area contributed by atoms with E-state index < -0.39 is 6.09 Å². The average molecular weight is 341 g/mol. The van der Waals surface area contributed by atoms with Crippen LogP contribution in [0.3, 0.4) is 0 Å². The Bertz CT molecular complexity index is 807. The van der Waals surface area contributed by atoms with Crippen molar-refractivity contribution in [3.8, 4) is 5.75 Å². The lowest BCUT2D eigenvalue weighted by atomic mass is 9.99. The van der Waals surface area contributed by atoms with Gasteiger partial charge in [-0.1, -0.05) is 12.1 Å². The van der Waals surface area contributed by atoms with Gasteiger partial charge in [-0.25, -0.2) is 9.59 Å². The van der Waals surface area contributed by atoms with Gasteiger partial charge in [0.2, 0.25) is 0 Å². The van der Waals surface area contributed by atoms with E-state index in [1.165, 1.54) is 4.90 Å². The van der Waals surface area contributed by atoms with Crippen molar-refractivity contribution >= 4 is 23.5 Å². The lowest BCUT2D eigenvalue weighted by Gasteiger charge is -2.26. The van der Waals surface area contributed by atoms with Gasteiger partial charge in [0.1, 0.15) is 5.75 Å². The first-order chi connectivity index (χ1) is 12.0. The number of urea groups is 1. The molecule has 0 aliphatic carbocycles. The molecule has 0 fully saturated rings. The van der Waals surface area contributed by atoms with Gasteiger partial charge in [0.15, 0.2) is 0 Å². The van der Waals surface area contributed by atoms with Gasteiger partial charge in [-0.2, -0.15) is 0 Å². The molecule has 0 spiro atoms. The minimum absolute atomic E-state index is 0.351. The monoisotopic (exact) mass is 341 g/mol. The smallest absolute Gasteiger partial charge is 0.407 e. The molecule has 7 nitrogen and oxygen atoms in total. The van der Waals surface area contributed by atoms with Crippen LogP contribution in [0, 0.1) is 0 Å². The lowest BCUT2D eigenvalue weighted by Crippen LogP contribution is -2.34. The predicted molar refractivity (Wildman–Crippen MR) is 94.2 cm³/mol. The molecule has 2 aromatic carbocycles. The SMILES string of the molecule is COc1cccc(NC(=O)Nc2ccc3c(c2)CCN(C(=O)O)C3)c1. The number of nitrogens with zero attached hydrogens (tertiary/aromatic N) is 1. The van der Waals surface area contributed by atoms with E-state index in [2.05, 4.69) is 10.6 Å². The van der Waals surface area contributed by atoms with E-state index in [0.717, 1.165) is 11.1 Å². The van der Waals surface area contributed by atoms with Crippen molar-refractivity contribution in [3.05, 3.63) is 53.6 Å². The molecule has 3 N–H and O–H groups in total. The molecule has 0 saturated heterocycles. The molecular formula is C18H19N3O4. The standard InChI is InChI=1S/C18H19N3O4/c1-25-16-4-2-3-14(10-16)19-17(22)20-15-6-5-13-11-21(18(23)24)8-7-12(13)9-15/h2-6,9-10H,7-8,11H2,1H3,(H,23,24)(H2,19,20,22). The number of nitrogens with one attached hydrogen (secondary N) is 2.